The zero-order chi connectivity index (χ0) is 16.1. The Morgan fingerprint density at radius 2 is 2.23 bits per heavy atom. The third kappa shape index (κ3) is 2.08. The molecule has 0 aromatic carbocycles. The molecular weight excluding hydrogens is 310 g/mol. The molecule has 0 radical (unpaired) electrons. The number of rotatable bonds is 3. The monoisotopic (exact) mass is 325 g/mol. The summed E-state index contributed by atoms with van der Waals surface area (Å²) < 4.78 is 7.00. The van der Waals surface area contributed by atoms with Crippen molar-refractivity contribution in [2.45, 2.75) is 31.0 Å². The van der Waals surface area contributed by atoms with E-state index in [2.05, 4.69) is 15.0 Å². The lowest BCUT2D eigenvalue weighted by Crippen LogP contribution is -2.44. The van der Waals surface area contributed by atoms with Crippen LogP contribution in [-0.2, 0) is 4.74 Å². The summed E-state index contributed by atoms with van der Waals surface area (Å²) >= 11 is 4.92. The standard InChI is InChI=1S/C12H15N5O4S/c1-12(20)8(19)5(2-18)21-11(12)17-4-16-7-6(9(13)22)14-3-15-10(7)17/h3-5,8,11,18-20H,2H2,1H3,(H2,13,22)/t5-,8-,11-,12-/m1/s1. The van der Waals surface area contributed by atoms with Gasteiger partial charge in [-0.05, 0) is 6.92 Å². The maximum atomic E-state index is 10.5. The molecule has 5 N–H and O–H groups in total. The lowest BCUT2D eigenvalue weighted by molar-refractivity contribution is -0.0950. The summed E-state index contributed by atoms with van der Waals surface area (Å²) in [4.78, 5) is 12.3. The van der Waals surface area contributed by atoms with Gasteiger partial charge in [0.15, 0.2) is 11.9 Å². The van der Waals surface area contributed by atoms with Crippen molar-refractivity contribution in [2.75, 3.05) is 6.61 Å². The minimum Gasteiger partial charge on any atom is -0.394 e. The van der Waals surface area contributed by atoms with Crippen molar-refractivity contribution in [2.24, 2.45) is 5.73 Å². The van der Waals surface area contributed by atoms with Gasteiger partial charge < -0.3 is 25.8 Å². The number of nitrogens with zero attached hydrogens (tertiary/aromatic N) is 4. The van der Waals surface area contributed by atoms with Crippen molar-refractivity contribution >= 4 is 28.4 Å². The van der Waals surface area contributed by atoms with Crippen LogP contribution in [0.4, 0.5) is 0 Å². The molecule has 0 bridgehead atoms. The Bertz CT molecular complexity index is 733. The number of aromatic nitrogens is 4. The number of hydrogen-bond acceptors (Lipinski definition) is 8. The van der Waals surface area contributed by atoms with Gasteiger partial charge >= 0.3 is 0 Å². The molecule has 1 aliphatic heterocycles. The van der Waals surface area contributed by atoms with Crippen molar-refractivity contribution in [1.29, 1.82) is 0 Å². The molecule has 0 aliphatic carbocycles. The molecule has 118 valence electrons. The summed E-state index contributed by atoms with van der Waals surface area (Å²) in [5.41, 5.74) is 5.01. The van der Waals surface area contributed by atoms with Crippen LogP contribution < -0.4 is 5.73 Å². The summed E-state index contributed by atoms with van der Waals surface area (Å²) in [6, 6.07) is 0. The van der Waals surface area contributed by atoms with Crippen LogP contribution in [0, 0.1) is 0 Å². The first-order chi connectivity index (χ1) is 10.4. The van der Waals surface area contributed by atoms with Gasteiger partial charge in [-0.3, -0.25) is 4.57 Å². The Kier molecular flexibility index (Phi) is 3.57. The van der Waals surface area contributed by atoms with Gasteiger partial charge in [-0.25, -0.2) is 15.0 Å². The average molecular weight is 325 g/mol. The number of imidazole rings is 1. The smallest absolute Gasteiger partial charge is 0.168 e. The molecule has 1 fully saturated rings. The van der Waals surface area contributed by atoms with Crippen molar-refractivity contribution < 1.29 is 20.1 Å². The topological polar surface area (TPSA) is 140 Å². The fourth-order valence-electron chi connectivity index (χ4n) is 2.59. The number of fused-ring (bicyclic) bond motifs is 1. The van der Waals surface area contributed by atoms with E-state index in [9.17, 15) is 15.3 Å². The predicted molar refractivity (Wildman–Crippen MR) is 78.8 cm³/mol. The molecule has 1 saturated heterocycles. The summed E-state index contributed by atoms with van der Waals surface area (Å²) in [7, 11) is 0. The van der Waals surface area contributed by atoms with Gasteiger partial charge in [-0.2, -0.15) is 0 Å². The fraction of sp³-hybridized carbons (Fsp3) is 0.500. The van der Waals surface area contributed by atoms with Crippen LogP contribution in [0.5, 0.6) is 0 Å². The van der Waals surface area contributed by atoms with E-state index in [-0.39, 0.29) is 4.99 Å². The Morgan fingerprint density at radius 3 is 2.82 bits per heavy atom. The second-order valence-corrected chi connectivity index (χ2v) is 5.73. The molecule has 0 spiro atoms. The van der Waals surface area contributed by atoms with Crippen LogP contribution in [0.25, 0.3) is 11.2 Å². The molecule has 4 atom stereocenters. The Balaban J connectivity index is 2.12. The largest absolute Gasteiger partial charge is 0.394 e. The third-order valence-electron chi connectivity index (χ3n) is 3.78. The zero-order valence-electron chi connectivity index (χ0n) is 11.6. The zero-order valence-corrected chi connectivity index (χ0v) is 12.4. The van der Waals surface area contributed by atoms with Crippen LogP contribution in [0.1, 0.15) is 18.8 Å². The second kappa shape index (κ2) is 5.18. The van der Waals surface area contributed by atoms with E-state index in [1.165, 1.54) is 24.1 Å². The van der Waals surface area contributed by atoms with Crippen LogP contribution in [0.2, 0.25) is 0 Å². The molecule has 9 nitrogen and oxygen atoms in total. The number of nitrogens with two attached hydrogens (primary N) is 1. The first-order valence-corrected chi connectivity index (χ1v) is 6.92. The van der Waals surface area contributed by atoms with Crippen LogP contribution in [0.15, 0.2) is 12.7 Å². The lowest BCUT2D eigenvalue weighted by Gasteiger charge is -2.27. The quantitative estimate of drug-likeness (QED) is 0.494. The summed E-state index contributed by atoms with van der Waals surface area (Å²) in [5, 5.41) is 29.8. The van der Waals surface area contributed by atoms with Gasteiger partial charge in [0.05, 0.1) is 12.9 Å². The second-order valence-electron chi connectivity index (χ2n) is 5.29. The van der Waals surface area contributed by atoms with Gasteiger partial charge in [-0.15, -0.1) is 0 Å². The van der Waals surface area contributed by atoms with E-state index >= 15 is 0 Å². The number of thiocarbonyl (C=S) groups is 1. The molecule has 0 amide bonds. The van der Waals surface area contributed by atoms with E-state index in [0.29, 0.717) is 16.9 Å². The minimum absolute atomic E-state index is 0.0741. The molecule has 1 aliphatic rings. The van der Waals surface area contributed by atoms with Gasteiger partial charge in [0, 0.05) is 0 Å². The van der Waals surface area contributed by atoms with Crippen molar-refractivity contribution in [3.05, 3.63) is 18.3 Å². The Morgan fingerprint density at radius 1 is 1.50 bits per heavy atom. The highest BCUT2D eigenvalue weighted by Crippen LogP contribution is 2.39. The molecule has 2 aromatic heterocycles. The van der Waals surface area contributed by atoms with Crippen molar-refractivity contribution in [1.82, 2.24) is 19.5 Å². The number of aliphatic hydroxyl groups is 3. The van der Waals surface area contributed by atoms with Gasteiger partial charge in [0.25, 0.3) is 0 Å². The molecule has 2 aromatic rings. The van der Waals surface area contributed by atoms with Crippen molar-refractivity contribution in [3.8, 4) is 0 Å². The molecular formula is C12H15N5O4S. The molecule has 22 heavy (non-hydrogen) atoms. The van der Waals surface area contributed by atoms with Gasteiger partial charge in [0.1, 0.15) is 40.3 Å². The molecule has 0 unspecified atom stereocenters. The summed E-state index contributed by atoms with van der Waals surface area (Å²) in [6.07, 6.45) is -0.462. The summed E-state index contributed by atoms with van der Waals surface area (Å²) in [5.74, 6) is 0. The highest BCUT2D eigenvalue weighted by Gasteiger charge is 2.53. The highest BCUT2D eigenvalue weighted by molar-refractivity contribution is 7.80. The normalized spacial score (nSPS) is 31.7. The summed E-state index contributed by atoms with van der Waals surface area (Å²) in [6.45, 7) is 0.993. The molecule has 0 saturated carbocycles. The van der Waals surface area contributed by atoms with Gasteiger partial charge in [0.2, 0.25) is 0 Å². The van der Waals surface area contributed by atoms with E-state index in [1.54, 1.807) is 0 Å². The Hall–Kier alpha value is -1.72. The predicted octanol–water partition coefficient (Wildman–Crippen LogP) is -1.54. The number of aliphatic hydroxyl groups excluding tert-OH is 2. The van der Waals surface area contributed by atoms with Crippen LogP contribution in [0.3, 0.4) is 0 Å². The van der Waals surface area contributed by atoms with Crippen LogP contribution in [-0.4, -0.2) is 64.2 Å². The maximum absolute atomic E-state index is 10.5. The molecule has 3 heterocycles. The van der Waals surface area contributed by atoms with Crippen LogP contribution >= 0.6 is 12.2 Å². The number of hydrogen-bond donors (Lipinski definition) is 4. The first-order valence-electron chi connectivity index (χ1n) is 6.52. The SMILES string of the molecule is C[C@@]1(O)[C@H](O)[C@@H](CO)O[C@H]1n1cnc2c(C(N)=S)ncnc21. The lowest BCUT2D eigenvalue weighted by atomic mass is 9.96. The highest BCUT2D eigenvalue weighted by atomic mass is 32.1. The van der Waals surface area contributed by atoms with E-state index in [4.69, 9.17) is 22.7 Å². The first kappa shape index (κ1) is 15.2. The van der Waals surface area contributed by atoms with Crippen molar-refractivity contribution in [3.63, 3.8) is 0 Å². The maximum Gasteiger partial charge on any atom is 0.168 e. The van der Waals surface area contributed by atoms with E-state index < -0.39 is 30.6 Å². The molecule has 3 rings (SSSR count). The van der Waals surface area contributed by atoms with E-state index in [0.717, 1.165) is 0 Å². The average Bonchev–Trinajstić information content (AvgIpc) is 2.99. The third-order valence-corrected chi connectivity index (χ3v) is 3.97. The fourth-order valence-corrected chi connectivity index (χ4v) is 2.74. The van der Waals surface area contributed by atoms with Gasteiger partial charge in [-0.1, -0.05) is 12.2 Å². The molecule has 10 heteroatoms. The minimum atomic E-state index is -1.63. The number of ether oxygens (including phenoxy) is 1. The van der Waals surface area contributed by atoms with E-state index in [1.807, 2.05) is 0 Å². The Labute approximate surface area is 130 Å².